The third kappa shape index (κ3) is 3.01. The number of ether oxygens (including phenoxy) is 1. The summed E-state index contributed by atoms with van der Waals surface area (Å²) in [4.78, 5) is 4.34. The Kier molecular flexibility index (Phi) is 3.69. The molecule has 15 heavy (non-hydrogen) atoms. The monoisotopic (exact) mass is 206 g/mol. The summed E-state index contributed by atoms with van der Waals surface area (Å²) in [5, 5.41) is 3.55. The van der Waals surface area contributed by atoms with E-state index in [1.165, 1.54) is 6.42 Å². The second-order valence-electron chi connectivity index (χ2n) is 4.06. The minimum absolute atomic E-state index is 0.304. The highest BCUT2D eigenvalue weighted by atomic mass is 16.5. The number of aromatic nitrogens is 1. The van der Waals surface area contributed by atoms with Crippen LogP contribution < -0.4 is 5.32 Å². The predicted octanol–water partition coefficient (Wildman–Crippen LogP) is 1.91. The van der Waals surface area contributed by atoms with Crippen molar-refractivity contribution in [2.45, 2.75) is 31.8 Å². The van der Waals surface area contributed by atoms with E-state index < -0.39 is 0 Å². The van der Waals surface area contributed by atoms with Crippen LogP contribution in [-0.4, -0.2) is 24.2 Å². The number of nitrogens with one attached hydrogen (secondary N) is 1. The molecule has 1 aliphatic rings. The Bertz CT molecular complexity index is 283. The zero-order valence-corrected chi connectivity index (χ0v) is 9.15. The van der Waals surface area contributed by atoms with Crippen LogP contribution in [0.4, 0.5) is 0 Å². The van der Waals surface area contributed by atoms with E-state index in [0.717, 1.165) is 25.3 Å². The molecule has 0 aromatic carbocycles. The first kappa shape index (κ1) is 10.6. The van der Waals surface area contributed by atoms with E-state index in [2.05, 4.69) is 23.3 Å². The summed E-state index contributed by atoms with van der Waals surface area (Å²) < 4.78 is 5.44. The van der Waals surface area contributed by atoms with Gasteiger partial charge in [-0.15, -0.1) is 0 Å². The van der Waals surface area contributed by atoms with E-state index in [0.29, 0.717) is 12.1 Å². The molecule has 1 saturated heterocycles. The second-order valence-corrected chi connectivity index (χ2v) is 4.06. The van der Waals surface area contributed by atoms with E-state index in [-0.39, 0.29) is 0 Å². The van der Waals surface area contributed by atoms with Crippen molar-refractivity contribution in [2.24, 2.45) is 0 Å². The Morgan fingerprint density at radius 1 is 1.53 bits per heavy atom. The van der Waals surface area contributed by atoms with Gasteiger partial charge in [-0.25, -0.2) is 0 Å². The predicted molar refractivity (Wildman–Crippen MR) is 59.6 cm³/mol. The Morgan fingerprint density at radius 3 is 3.13 bits per heavy atom. The first-order chi connectivity index (χ1) is 7.36. The highest BCUT2D eigenvalue weighted by Gasteiger charge is 2.16. The minimum Gasteiger partial charge on any atom is -0.380 e. The molecular weight excluding hydrogens is 188 g/mol. The molecule has 1 unspecified atom stereocenters. The molecule has 1 aromatic heterocycles. The molecule has 3 nitrogen and oxygen atoms in total. The van der Waals surface area contributed by atoms with Crippen LogP contribution in [0.1, 0.15) is 31.5 Å². The maximum atomic E-state index is 5.44. The van der Waals surface area contributed by atoms with Crippen molar-refractivity contribution in [1.29, 1.82) is 0 Å². The molecule has 3 heteroatoms. The first-order valence-corrected chi connectivity index (χ1v) is 5.61. The average Bonchev–Trinajstić information content (AvgIpc) is 2.31. The molecule has 2 rings (SSSR count). The summed E-state index contributed by atoms with van der Waals surface area (Å²) in [5.41, 5.74) is 1.10. The van der Waals surface area contributed by atoms with Gasteiger partial charge in [-0.2, -0.15) is 0 Å². The molecule has 1 N–H and O–H groups in total. The normalized spacial score (nSPS) is 23.7. The van der Waals surface area contributed by atoms with Crippen molar-refractivity contribution < 1.29 is 4.74 Å². The van der Waals surface area contributed by atoms with Gasteiger partial charge in [0.2, 0.25) is 0 Å². The van der Waals surface area contributed by atoms with E-state index in [9.17, 15) is 0 Å². The zero-order chi connectivity index (χ0) is 10.5. The molecular formula is C12H18N2O. The fourth-order valence-corrected chi connectivity index (χ4v) is 1.94. The van der Waals surface area contributed by atoms with Crippen molar-refractivity contribution in [1.82, 2.24) is 10.3 Å². The summed E-state index contributed by atoms with van der Waals surface area (Å²) in [6.45, 7) is 3.89. The largest absolute Gasteiger partial charge is 0.380 e. The van der Waals surface area contributed by atoms with Crippen molar-refractivity contribution in [3.8, 4) is 0 Å². The zero-order valence-electron chi connectivity index (χ0n) is 9.15. The van der Waals surface area contributed by atoms with Gasteiger partial charge in [-0.1, -0.05) is 6.07 Å². The molecule has 0 spiro atoms. The fourth-order valence-electron chi connectivity index (χ4n) is 1.94. The van der Waals surface area contributed by atoms with Crippen molar-refractivity contribution in [3.63, 3.8) is 0 Å². The molecule has 1 aliphatic heterocycles. The van der Waals surface area contributed by atoms with Gasteiger partial charge in [-0.3, -0.25) is 4.98 Å². The Labute approximate surface area is 90.9 Å². The number of hydrogen-bond donors (Lipinski definition) is 1. The van der Waals surface area contributed by atoms with Gasteiger partial charge in [0.1, 0.15) is 0 Å². The summed E-state index contributed by atoms with van der Waals surface area (Å²) in [5.74, 6) is 0. The molecule has 1 fully saturated rings. The van der Waals surface area contributed by atoms with Gasteiger partial charge < -0.3 is 10.1 Å². The maximum Gasteiger partial charge on any atom is 0.0619 e. The summed E-state index contributed by atoms with van der Waals surface area (Å²) in [6.07, 6.45) is 4.20. The molecule has 0 radical (unpaired) electrons. The highest BCUT2D eigenvalue weighted by molar-refractivity contribution is 5.07. The van der Waals surface area contributed by atoms with Crippen LogP contribution in [0.5, 0.6) is 0 Å². The van der Waals surface area contributed by atoms with Gasteiger partial charge in [0.05, 0.1) is 12.3 Å². The van der Waals surface area contributed by atoms with Crippen LogP contribution >= 0.6 is 0 Å². The average molecular weight is 206 g/mol. The quantitative estimate of drug-likeness (QED) is 0.820. The molecule has 2 heterocycles. The third-order valence-corrected chi connectivity index (χ3v) is 2.78. The topological polar surface area (TPSA) is 34.1 Å². The highest BCUT2D eigenvalue weighted by Crippen LogP contribution is 2.13. The molecule has 1 aromatic rings. The maximum absolute atomic E-state index is 5.44. The lowest BCUT2D eigenvalue weighted by Gasteiger charge is -2.26. The smallest absolute Gasteiger partial charge is 0.0619 e. The number of nitrogens with zero attached hydrogens (tertiary/aromatic N) is 1. The van der Waals surface area contributed by atoms with Gasteiger partial charge in [0.25, 0.3) is 0 Å². The van der Waals surface area contributed by atoms with Gasteiger partial charge in [0.15, 0.2) is 0 Å². The Hall–Kier alpha value is -0.930. The SMILES string of the molecule is C[C@@H](NC1CCCOC1)c1ccccn1. The van der Waals surface area contributed by atoms with E-state index in [1.54, 1.807) is 0 Å². The molecule has 0 saturated carbocycles. The Balaban J connectivity index is 1.88. The number of pyridine rings is 1. The van der Waals surface area contributed by atoms with Gasteiger partial charge in [-0.05, 0) is 31.9 Å². The van der Waals surface area contributed by atoms with E-state index in [1.807, 2.05) is 18.3 Å². The number of rotatable bonds is 3. The number of hydrogen-bond acceptors (Lipinski definition) is 3. The second kappa shape index (κ2) is 5.24. The molecule has 82 valence electrons. The van der Waals surface area contributed by atoms with Crippen LogP contribution in [0.15, 0.2) is 24.4 Å². The molecule has 0 aliphatic carbocycles. The van der Waals surface area contributed by atoms with Crippen molar-refractivity contribution in [2.75, 3.05) is 13.2 Å². The van der Waals surface area contributed by atoms with Crippen molar-refractivity contribution >= 4 is 0 Å². The van der Waals surface area contributed by atoms with Crippen LogP contribution in [0.25, 0.3) is 0 Å². The standard InChI is InChI=1S/C12H18N2O/c1-10(12-6-2-3-7-13-12)14-11-5-4-8-15-9-11/h2-3,6-7,10-11,14H,4-5,8-9H2,1H3/t10-,11?/m1/s1. The van der Waals surface area contributed by atoms with Crippen LogP contribution in [-0.2, 0) is 4.74 Å². The lowest BCUT2D eigenvalue weighted by Crippen LogP contribution is -2.38. The van der Waals surface area contributed by atoms with Crippen molar-refractivity contribution in [3.05, 3.63) is 30.1 Å². The van der Waals surface area contributed by atoms with E-state index >= 15 is 0 Å². The fraction of sp³-hybridized carbons (Fsp3) is 0.583. The van der Waals surface area contributed by atoms with E-state index in [4.69, 9.17) is 4.74 Å². The summed E-state index contributed by atoms with van der Waals surface area (Å²) >= 11 is 0. The molecule has 2 atom stereocenters. The summed E-state index contributed by atoms with van der Waals surface area (Å²) in [6, 6.07) is 6.81. The lowest BCUT2D eigenvalue weighted by atomic mass is 10.1. The van der Waals surface area contributed by atoms with Gasteiger partial charge >= 0.3 is 0 Å². The molecule has 0 bridgehead atoms. The van der Waals surface area contributed by atoms with Crippen LogP contribution in [0, 0.1) is 0 Å². The third-order valence-electron chi connectivity index (χ3n) is 2.78. The summed E-state index contributed by atoms with van der Waals surface area (Å²) in [7, 11) is 0. The van der Waals surface area contributed by atoms with Gasteiger partial charge in [0, 0.05) is 24.9 Å². The lowest BCUT2D eigenvalue weighted by molar-refractivity contribution is 0.0669. The minimum atomic E-state index is 0.304. The Morgan fingerprint density at radius 2 is 2.47 bits per heavy atom. The molecule has 0 amide bonds. The van der Waals surface area contributed by atoms with Crippen LogP contribution in [0.3, 0.4) is 0 Å². The first-order valence-electron chi connectivity index (χ1n) is 5.61. The van der Waals surface area contributed by atoms with Crippen LogP contribution in [0.2, 0.25) is 0 Å².